The number of aromatic nitrogens is 2. The Morgan fingerprint density at radius 2 is 2.00 bits per heavy atom. The number of rotatable bonds is 4. The van der Waals surface area contributed by atoms with E-state index in [1.807, 2.05) is 37.3 Å². The van der Waals surface area contributed by atoms with Gasteiger partial charge in [0.15, 0.2) is 11.4 Å². The molecule has 0 radical (unpaired) electrons. The Labute approximate surface area is 135 Å². The van der Waals surface area contributed by atoms with E-state index >= 15 is 0 Å². The smallest absolute Gasteiger partial charge is 0.271 e. The highest BCUT2D eigenvalue weighted by molar-refractivity contribution is 5.62. The van der Waals surface area contributed by atoms with Crippen LogP contribution in [0.25, 0.3) is 0 Å². The molecule has 0 unspecified atom stereocenters. The van der Waals surface area contributed by atoms with E-state index < -0.39 is 0 Å². The first-order valence-corrected chi connectivity index (χ1v) is 8.02. The van der Waals surface area contributed by atoms with Crippen molar-refractivity contribution in [1.82, 2.24) is 9.97 Å². The van der Waals surface area contributed by atoms with E-state index in [1.165, 1.54) is 25.7 Å². The van der Waals surface area contributed by atoms with E-state index in [0.29, 0.717) is 17.6 Å². The van der Waals surface area contributed by atoms with Gasteiger partial charge in [-0.1, -0.05) is 43.4 Å². The van der Waals surface area contributed by atoms with Crippen molar-refractivity contribution in [3.05, 3.63) is 51.6 Å². The fourth-order valence-corrected chi connectivity index (χ4v) is 3.07. The van der Waals surface area contributed by atoms with Gasteiger partial charge in [-0.25, -0.2) is 4.98 Å². The molecule has 1 aromatic carbocycles. The summed E-state index contributed by atoms with van der Waals surface area (Å²) in [4.78, 5) is 19.4. The number of nitriles is 1. The van der Waals surface area contributed by atoms with E-state index in [-0.39, 0.29) is 11.1 Å². The van der Waals surface area contributed by atoms with Crippen molar-refractivity contribution < 1.29 is 0 Å². The zero-order valence-electron chi connectivity index (χ0n) is 13.2. The molecule has 0 aliphatic heterocycles. The summed E-state index contributed by atoms with van der Waals surface area (Å²) in [7, 11) is 0. The third kappa shape index (κ3) is 3.59. The number of anilines is 2. The fraction of sp³-hybridized carbons (Fsp3) is 0.389. The zero-order valence-corrected chi connectivity index (χ0v) is 13.2. The van der Waals surface area contributed by atoms with Crippen molar-refractivity contribution in [2.45, 2.75) is 39.0 Å². The Bertz CT molecular complexity index is 780. The van der Waals surface area contributed by atoms with Gasteiger partial charge in [-0.2, -0.15) is 5.26 Å². The van der Waals surface area contributed by atoms with Gasteiger partial charge in [-0.15, -0.1) is 0 Å². The minimum Gasteiger partial charge on any atom is -0.339 e. The SMILES string of the molecule is Cc1ccc(Nc2nc(CC3CCCC3)[nH]c(=O)c2C#N)cc1. The Balaban J connectivity index is 1.90. The summed E-state index contributed by atoms with van der Waals surface area (Å²) in [6.45, 7) is 2.01. The number of hydrogen-bond acceptors (Lipinski definition) is 4. The van der Waals surface area contributed by atoms with Crippen LogP contribution in [0.3, 0.4) is 0 Å². The number of nitrogens with one attached hydrogen (secondary N) is 2. The monoisotopic (exact) mass is 308 g/mol. The maximum Gasteiger partial charge on any atom is 0.271 e. The van der Waals surface area contributed by atoms with Crippen molar-refractivity contribution in [2.24, 2.45) is 5.92 Å². The van der Waals surface area contributed by atoms with E-state index in [1.54, 1.807) is 0 Å². The number of benzene rings is 1. The summed E-state index contributed by atoms with van der Waals surface area (Å²) >= 11 is 0. The van der Waals surface area contributed by atoms with Gasteiger partial charge in [-0.05, 0) is 25.0 Å². The second kappa shape index (κ2) is 6.66. The average Bonchev–Trinajstić information content (AvgIpc) is 3.02. The van der Waals surface area contributed by atoms with Crippen LogP contribution in [0.5, 0.6) is 0 Å². The first kappa shape index (κ1) is 15.3. The highest BCUT2D eigenvalue weighted by Gasteiger charge is 2.18. The molecule has 5 heteroatoms. The molecule has 1 aliphatic carbocycles. The van der Waals surface area contributed by atoms with Crippen molar-refractivity contribution in [3.8, 4) is 6.07 Å². The molecule has 5 nitrogen and oxygen atoms in total. The van der Waals surface area contributed by atoms with Crippen LogP contribution in [0.1, 0.15) is 42.6 Å². The zero-order chi connectivity index (χ0) is 16.2. The normalized spacial score (nSPS) is 14.6. The van der Waals surface area contributed by atoms with Crippen molar-refractivity contribution in [2.75, 3.05) is 5.32 Å². The van der Waals surface area contributed by atoms with E-state index in [2.05, 4.69) is 15.3 Å². The van der Waals surface area contributed by atoms with Crippen LogP contribution < -0.4 is 10.9 Å². The Morgan fingerprint density at radius 3 is 2.65 bits per heavy atom. The molecule has 1 aliphatic rings. The predicted molar refractivity (Wildman–Crippen MR) is 89.7 cm³/mol. The van der Waals surface area contributed by atoms with Gasteiger partial charge < -0.3 is 10.3 Å². The van der Waals surface area contributed by atoms with Crippen LogP contribution >= 0.6 is 0 Å². The Hall–Kier alpha value is -2.61. The van der Waals surface area contributed by atoms with Gasteiger partial charge in [0.1, 0.15) is 11.9 Å². The first-order chi connectivity index (χ1) is 11.2. The molecule has 23 heavy (non-hydrogen) atoms. The van der Waals surface area contributed by atoms with E-state index in [0.717, 1.165) is 17.7 Å². The first-order valence-electron chi connectivity index (χ1n) is 8.02. The molecule has 2 aromatic rings. The maximum atomic E-state index is 12.2. The summed E-state index contributed by atoms with van der Waals surface area (Å²) in [5, 5.41) is 12.3. The molecule has 1 aromatic heterocycles. The Morgan fingerprint density at radius 1 is 1.30 bits per heavy atom. The van der Waals surface area contributed by atoms with Crippen molar-refractivity contribution in [3.63, 3.8) is 0 Å². The molecule has 0 spiro atoms. The fourth-order valence-electron chi connectivity index (χ4n) is 3.07. The Kier molecular flexibility index (Phi) is 4.42. The highest BCUT2D eigenvalue weighted by atomic mass is 16.1. The van der Waals surface area contributed by atoms with E-state index in [9.17, 15) is 10.1 Å². The topological polar surface area (TPSA) is 81.6 Å². The second-order valence-electron chi connectivity index (χ2n) is 6.19. The molecular weight excluding hydrogens is 288 g/mol. The minimum atomic E-state index is -0.370. The lowest BCUT2D eigenvalue weighted by atomic mass is 10.0. The molecule has 1 heterocycles. The minimum absolute atomic E-state index is 0.0285. The molecule has 0 amide bonds. The molecule has 0 bridgehead atoms. The van der Waals surface area contributed by atoms with Crippen molar-refractivity contribution >= 4 is 11.5 Å². The molecule has 1 saturated carbocycles. The summed E-state index contributed by atoms with van der Waals surface area (Å²) in [5.74, 6) is 1.59. The lowest BCUT2D eigenvalue weighted by molar-refractivity contribution is 0.529. The van der Waals surface area contributed by atoms with Gasteiger partial charge in [0.25, 0.3) is 5.56 Å². The number of hydrogen-bond donors (Lipinski definition) is 2. The van der Waals surface area contributed by atoms with Gasteiger partial charge in [0.2, 0.25) is 0 Å². The van der Waals surface area contributed by atoms with E-state index in [4.69, 9.17) is 0 Å². The molecule has 1 fully saturated rings. The largest absolute Gasteiger partial charge is 0.339 e. The maximum absolute atomic E-state index is 12.2. The van der Waals surface area contributed by atoms with Crippen LogP contribution in [0, 0.1) is 24.2 Å². The lowest BCUT2D eigenvalue weighted by Gasteiger charge is -2.11. The summed E-state index contributed by atoms with van der Waals surface area (Å²) < 4.78 is 0. The standard InChI is InChI=1S/C18H20N4O/c1-12-6-8-14(9-7-12)20-17-15(11-19)18(23)22-16(21-17)10-13-4-2-3-5-13/h6-9,13H,2-5,10H2,1H3,(H2,20,21,22,23). The van der Waals surface area contributed by atoms with Crippen LogP contribution in [0.4, 0.5) is 11.5 Å². The molecule has 0 atom stereocenters. The average molecular weight is 308 g/mol. The molecule has 0 saturated heterocycles. The van der Waals surface area contributed by atoms with Crippen LogP contribution in [0.15, 0.2) is 29.1 Å². The van der Waals surface area contributed by atoms with Gasteiger partial charge in [0, 0.05) is 12.1 Å². The van der Waals surface area contributed by atoms with Gasteiger partial charge in [0.05, 0.1) is 0 Å². The molecule has 118 valence electrons. The summed E-state index contributed by atoms with van der Waals surface area (Å²) in [6, 6.07) is 9.72. The van der Waals surface area contributed by atoms with Crippen molar-refractivity contribution in [1.29, 1.82) is 5.26 Å². The van der Waals surface area contributed by atoms with Crippen LogP contribution in [-0.2, 0) is 6.42 Å². The molecule has 2 N–H and O–H groups in total. The lowest BCUT2D eigenvalue weighted by Crippen LogP contribution is -2.19. The van der Waals surface area contributed by atoms with Crippen LogP contribution in [0.2, 0.25) is 0 Å². The molecular formula is C18H20N4O. The predicted octanol–water partition coefficient (Wildman–Crippen LogP) is 3.43. The number of H-pyrrole nitrogens is 1. The quantitative estimate of drug-likeness (QED) is 0.906. The number of aromatic amines is 1. The summed E-state index contributed by atoms with van der Waals surface area (Å²) in [5.41, 5.74) is 1.62. The third-order valence-electron chi connectivity index (χ3n) is 4.35. The number of nitrogens with zero attached hydrogens (tertiary/aromatic N) is 2. The number of aryl methyl sites for hydroxylation is 1. The van der Waals surface area contributed by atoms with Gasteiger partial charge in [-0.3, -0.25) is 4.79 Å². The summed E-state index contributed by atoms with van der Waals surface area (Å²) in [6.07, 6.45) is 5.64. The molecule has 3 rings (SSSR count). The van der Waals surface area contributed by atoms with Crippen LogP contribution in [-0.4, -0.2) is 9.97 Å². The van der Waals surface area contributed by atoms with Gasteiger partial charge >= 0.3 is 0 Å². The highest BCUT2D eigenvalue weighted by Crippen LogP contribution is 2.27. The third-order valence-corrected chi connectivity index (χ3v) is 4.35. The second-order valence-corrected chi connectivity index (χ2v) is 6.19.